The lowest BCUT2D eigenvalue weighted by Crippen LogP contribution is -2.16. The first kappa shape index (κ1) is 20.3. The van der Waals surface area contributed by atoms with E-state index in [1.54, 1.807) is 20.8 Å². The van der Waals surface area contributed by atoms with Gasteiger partial charge in [0.1, 0.15) is 6.79 Å². The highest BCUT2D eigenvalue weighted by molar-refractivity contribution is 9.08. The van der Waals surface area contributed by atoms with Crippen molar-refractivity contribution in [1.29, 1.82) is 0 Å². The molecule has 0 radical (unpaired) electrons. The van der Waals surface area contributed by atoms with Crippen LogP contribution in [0.5, 0.6) is 0 Å². The minimum atomic E-state index is -0.500. The zero-order chi connectivity index (χ0) is 16.5. The summed E-state index contributed by atoms with van der Waals surface area (Å²) in [5, 5.41) is 9.48. The Balaban J connectivity index is 0.000000489. The summed E-state index contributed by atoms with van der Waals surface area (Å²) in [6.45, 7) is 9.64. The highest BCUT2D eigenvalue weighted by Gasteiger charge is 2.29. The summed E-state index contributed by atoms with van der Waals surface area (Å²) in [5.41, 5.74) is 2.86. The fraction of sp³-hybridized carbons (Fsp3) is 0.611. The first-order valence-corrected chi connectivity index (χ1v) is 8.53. The third kappa shape index (κ3) is 8.37. The Kier molecular flexibility index (Phi) is 9.07. The van der Waals surface area contributed by atoms with Gasteiger partial charge in [0, 0.05) is 5.33 Å². The van der Waals surface area contributed by atoms with E-state index in [1.807, 2.05) is 6.79 Å². The third-order valence-electron chi connectivity index (χ3n) is 3.51. The molecule has 2 nitrogen and oxygen atoms in total. The molecule has 0 amide bonds. The highest BCUT2D eigenvalue weighted by atomic mass is 79.9. The highest BCUT2D eigenvalue weighted by Crippen LogP contribution is 2.40. The quantitative estimate of drug-likeness (QED) is 0.756. The average molecular weight is 357 g/mol. The Morgan fingerprint density at radius 1 is 1.14 bits per heavy atom. The van der Waals surface area contributed by atoms with Crippen molar-refractivity contribution in [3.05, 3.63) is 35.4 Å². The summed E-state index contributed by atoms with van der Waals surface area (Å²) in [5.74, 6) is 0. The maximum absolute atomic E-state index is 8.52. The predicted octanol–water partition coefficient (Wildman–Crippen LogP) is 5.01. The molecule has 3 heteroatoms. The van der Waals surface area contributed by atoms with E-state index in [0.717, 1.165) is 5.33 Å². The standard InChI is InChI=1S/C13H17Br.C4H10O.CH2O/c1-13(8-2-3-9-13)12-6-4-11(10-14)5-7-12;1-4(2,3)5;1-2/h4-7H,2-3,8-10H2,1H3;5H,1-3H3;1H2. The summed E-state index contributed by atoms with van der Waals surface area (Å²) < 4.78 is 0. The molecular formula is C18H29BrO2. The number of halogens is 1. The largest absolute Gasteiger partial charge is 0.391 e. The molecule has 1 aliphatic rings. The van der Waals surface area contributed by atoms with Gasteiger partial charge in [0.25, 0.3) is 0 Å². The van der Waals surface area contributed by atoms with Gasteiger partial charge in [0.15, 0.2) is 0 Å². The lowest BCUT2D eigenvalue weighted by Gasteiger charge is -2.24. The number of hydrogen-bond acceptors (Lipinski definition) is 2. The first-order valence-electron chi connectivity index (χ1n) is 7.41. The van der Waals surface area contributed by atoms with Crippen molar-refractivity contribution < 1.29 is 9.90 Å². The van der Waals surface area contributed by atoms with Gasteiger partial charge in [-0.25, -0.2) is 0 Å². The monoisotopic (exact) mass is 356 g/mol. The summed E-state index contributed by atoms with van der Waals surface area (Å²) in [6.07, 6.45) is 5.52. The van der Waals surface area contributed by atoms with Gasteiger partial charge < -0.3 is 9.90 Å². The van der Waals surface area contributed by atoms with E-state index in [0.29, 0.717) is 5.41 Å². The summed E-state index contributed by atoms with van der Waals surface area (Å²) in [4.78, 5) is 8.00. The molecule has 21 heavy (non-hydrogen) atoms. The molecule has 1 aromatic rings. The number of aliphatic hydroxyl groups is 1. The molecular weight excluding hydrogens is 328 g/mol. The Labute approximate surface area is 138 Å². The second-order valence-electron chi connectivity index (χ2n) is 6.77. The van der Waals surface area contributed by atoms with Gasteiger partial charge in [0.2, 0.25) is 0 Å². The number of carbonyl (C=O) groups excluding carboxylic acids is 1. The van der Waals surface area contributed by atoms with Crippen LogP contribution in [0.1, 0.15) is 64.5 Å². The number of carbonyl (C=O) groups is 1. The van der Waals surface area contributed by atoms with Gasteiger partial charge in [-0.3, -0.25) is 0 Å². The minimum Gasteiger partial charge on any atom is -0.391 e. The van der Waals surface area contributed by atoms with Crippen LogP contribution in [0.15, 0.2) is 24.3 Å². The molecule has 0 saturated heterocycles. The number of rotatable bonds is 2. The smallest absolute Gasteiger partial charge is 0.106 e. The number of alkyl halides is 1. The van der Waals surface area contributed by atoms with E-state index in [9.17, 15) is 0 Å². The molecule has 0 spiro atoms. The topological polar surface area (TPSA) is 37.3 Å². The maximum atomic E-state index is 8.52. The summed E-state index contributed by atoms with van der Waals surface area (Å²) >= 11 is 3.48. The molecule has 0 heterocycles. The van der Waals surface area contributed by atoms with Gasteiger partial charge in [-0.1, -0.05) is 60.0 Å². The Morgan fingerprint density at radius 3 is 1.86 bits per heavy atom. The lowest BCUT2D eigenvalue weighted by atomic mass is 9.81. The molecule has 0 unspecified atom stereocenters. The van der Waals surface area contributed by atoms with Crippen molar-refractivity contribution >= 4 is 22.7 Å². The minimum absolute atomic E-state index is 0.463. The van der Waals surface area contributed by atoms with Crippen molar-refractivity contribution in [3.8, 4) is 0 Å². The van der Waals surface area contributed by atoms with Crippen LogP contribution in [-0.2, 0) is 15.5 Å². The molecule has 1 fully saturated rings. The fourth-order valence-electron chi connectivity index (χ4n) is 2.44. The van der Waals surface area contributed by atoms with Crippen LogP contribution in [0, 0.1) is 0 Å². The van der Waals surface area contributed by atoms with E-state index < -0.39 is 5.60 Å². The van der Waals surface area contributed by atoms with Crippen LogP contribution < -0.4 is 0 Å². The molecule has 0 atom stereocenters. The normalized spacial score (nSPS) is 16.3. The van der Waals surface area contributed by atoms with Crippen LogP contribution >= 0.6 is 15.9 Å². The van der Waals surface area contributed by atoms with Crippen LogP contribution in [0.4, 0.5) is 0 Å². The predicted molar refractivity (Wildman–Crippen MR) is 94.0 cm³/mol. The van der Waals surface area contributed by atoms with Gasteiger partial charge in [-0.15, -0.1) is 0 Å². The molecule has 0 bridgehead atoms. The van der Waals surface area contributed by atoms with Crippen molar-refractivity contribution in [3.63, 3.8) is 0 Å². The number of benzene rings is 1. The van der Waals surface area contributed by atoms with E-state index in [-0.39, 0.29) is 0 Å². The third-order valence-corrected chi connectivity index (χ3v) is 4.16. The first-order chi connectivity index (χ1) is 9.74. The molecule has 1 N–H and O–H groups in total. The van der Waals surface area contributed by atoms with Crippen molar-refractivity contribution in [1.82, 2.24) is 0 Å². The summed E-state index contributed by atoms with van der Waals surface area (Å²) in [6, 6.07) is 9.10. The van der Waals surface area contributed by atoms with Crippen LogP contribution in [0.3, 0.4) is 0 Å². The molecule has 1 aromatic carbocycles. The van der Waals surface area contributed by atoms with Crippen LogP contribution in [0.2, 0.25) is 0 Å². The van der Waals surface area contributed by atoms with E-state index >= 15 is 0 Å². The Morgan fingerprint density at radius 2 is 1.52 bits per heavy atom. The van der Waals surface area contributed by atoms with Crippen LogP contribution in [-0.4, -0.2) is 17.5 Å². The Hall–Kier alpha value is -0.670. The summed E-state index contributed by atoms with van der Waals surface area (Å²) in [7, 11) is 0. The second-order valence-corrected chi connectivity index (χ2v) is 7.33. The zero-order valence-corrected chi connectivity index (χ0v) is 15.4. The van der Waals surface area contributed by atoms with Gasteiger partial charge >= 0.3 is 0 Å². The maximum Gasteiger partial charge on any atom is 0.106 e. The van der Waals surface area contributed by atoms with Crippen LogP contribution in [0.25, 0.3) is 0 Å². The second kappa shape index (κ2) is 9.37. The molecule has 0 aromatic heterocycles. The average Bonchev–Trinajstić information content (AvgIpc) is 2.87. The molecule has 2 rings (SSSR count). The molecule has 1 saturated carbocycles. The SMILES string of the molecule is C=O.CC(C)(C)O.CC1(c2ccc(CBr)cc2)CCCC1. The lowest BCUT2D eigenvalue weighted by molar-refractivity contribution is -0.0979. The molecule has 120 valence electrons. The van der Waals surface area contributed by atoms with E-state index in [4.69, 9.17) is 9.90 Å². The molecule has 1 aliphatic carbocycles. The van der Waals surface area contributed by atoms with E-state index in [1.165, 1.54) is 36.8 Å². The van der Waals surface area contributed by atoms with Gasteiger partial charge in [-0.05, 0) is 50.2 Å². The van der Waals surface area contributed by atoms with Crippen molar-refractivity contribution in [2.24, 2.45) is 0 Å². The Bertz CT molecular complexity index is 381. The van der Waals surface area contributed by atoms with Crippen molar-refractivity contribution in [2.45, 2.75) is 69.7 Å². The van der Waals surface area contributed by atoms with E-state index in [2.05, 4.69) is 47.1 Å². The number of hydrogen-bond donors (Lipinski definition) is 1. The van der Waals surface area contributed by atoms with Crippen molar-refractivity contribution in [2.75, 3.05) is 0 Å². The fourth-order valence-corrected chi connectivity index (χ4v) is 2.81. The van der Waals surface area contributed by atoms with Gasteiger partial charge in [0.05, 0.1) is 5.60 Å². The van der Waals surface area contributed by atoms with Gasteiger partial charge in [-0.2, -0.15) is 0 Å². The molecule has 0 aliphatic heterocycles. The zero-order valence-electron chi connectivity index (χ0n) is 13.8.